The third-order valence-corrected chi connectivity index (χ3v) is 4.20. The molecule has 3 heterocycles. The molecule has 0 unspecified atom stereocenters. The van der Waals surface area contributed by atoms with E-state index in [-0.39, 0.29) is 0 Å². The maximum absolute atomic E-state index is 11.9. The Balaban J connectivity index is 1.37. The second kappa shape index (κ2) is 9.39. The maximum Gasteiger partial charge on any atom is 0.407 e. The number of aromatic nitrogens is 5. The summed E-state index contributed by atoms with van der Waals surface area (Å²) in [6.07, 6.45) is 2.52. The molecule has 4 N–H and O–H groups in total. The highest BCUT2D eigenvalue weighted by atomic mass is 16.6. The van der Waals surface area contributed by atoms with Gasteiger partial charge in [-0.25, -0.2) is 14.8 Å². The normalized spacial score (nSPS) is 11.1. The Morgan fingerprint density at radius 3 is 2.67 bits per heavy atom. The average molecular weight is 448 g/mol. The Hall–Kier alpha value is -4.41. The fourth-order valence-electron chi connectivity index (χ4n) is 2.85. The first-order chi connectivity index (χ1) is 15.8. The Morgan fingerprint density at radius 2 is 1.91 bits per heavy atom. The number of nitrogens with one attached hydrogen (secondary N) is 4. The van der Waals surface area contributed by atoms with E-state index >= 15 is 0 Å². The van der Waals surface area contributed by atoms with Gasteiger partial charge in [0.2, 0.25) is 11.9 Å². The number of carbonyl (C=O) groups is 1. The summed E-state index contributed by atoms with van der Waals surface area (Å²) in [4.78, 5) is 24.5. The molecule has 0 atom stereocenters. The van der Waals surface area contributed by atoms with Gasteiger partial charge < -0.3 is 25.1 Å². The number of anilines is 4. The minimum atomic E-state index is -0.547. The van der Waals surface area contributed by atoms with Gasteiger partial charge in [-0.15, -0.1) is 0 Å². The van der Waals surface area contributed by atoms with E-state index < -0.39 is 11.7 Å². The fourth-order valence-corrected chi connectivity index (χ4v) is 2.85. The summed E-state index contributed by atoms with van der Waals surface area (Å²) >= 11 is 0. The molecule has 0 bridgehead atoms. The molecule has 1 aromatic carbocycles. The lowest BCUT2D eigenvalue weighted by Gasteiger charge is -2.19. The molecule has 0 aliphatic rings. The van der Waals surface area contributed by atoms with E-state index in [1.54, 1.807) is 18.4 Å². The van der Waals surface area contributed by atoms with E-state index in [9.17, 15) is 4.79 Å². The van der Waals surface area contributed by atoms with Crippen molar-refractivity contribution in [3.05, 3.63) is 60.6 Å². The van der Waals surface area contributed by atoms with Crippen LogP contribution in [0.2, 0.25) is 0 Å². The number of aromatic amines is 1. The zero-order valence-corrected chi connectivity index (χ0v) is 18.4. The fraction of sp³-hybridized carbons (Fsp3) is 0.227. The molecule has 0 saturated heterocycles. The first kappa shape index (κ1) is 21.8. The zero-order valence-electron chi connectivity index (χ0n) is 18.4. The smallest absolute Gasteiger partial charge is 0.407 e. The topological polar surface area (TPSA) is 143 Å². The van der Waals surface area contributed by atoms with Crippen LogP contribution in [0.5, 0.6) is 0 Å². The van der Waals surface area contributed by atoms with Crippen LogP contribution < -0.4 is 16.0 Å². The third-order valence-electron chi connectivity index (χ3n) is 4.20. The SMILES string of the molecule is CC(C)(C)OC(=O)NCc1cccc(Nc2ncnc(Nc3cc(-c4ccco4)[nH]n3)n2)c1. The molecular formula is C22H24N8O3. The van der Waals surface area contributed by atoms with Crippen molar-refractivity contribution in [2.24, 2.45) is 0 Å². The van der Waals surface area contributed by atoms with Gasteiger partial charge in [0.15, 0.2) is 11.6 Å². The summed E-state index contributed by atoms with van der Waals surface area (Å²) in [5.41, 5.74) is 1.83. The lowest BCUT2D eigenvalue weighted by atomic mass is 10.2. The number of alkyl carbamates (subject to hydrolysis) is 1. The van der Waals surface area contributed by atoms with Crippen molar-refractivity contribution in [3.8, 4) is 11.5 Å². The predicted octanol–water partition coefficient (Wildman–Crippen LogP) is 4.37. The molecule has 11 heteroatoms. The molecule has 170 valence electrons. The first-order valence-corrected chi connectivity index (χ1v) is 10.2. The minimum absolute atomic E-state index is 0.325. The van der Waals surface area contributed by atoms with Gasteiger partial charge in [-0.3, -0.25) is 5.10 Å². The van der Waals surface area contributed by atoms with Gasteiger partial charge in [-0.1, -0.05) is 12.1 Å². The molecule has 0 aliphatic heterocycles. The van der Waals surface area contributed by atoms with E-state index in [2.05, 4.69) is 41.1 Å². The Bertz CT molecular complexity index is 1210. The van der Waals surface area contributed by atoms with E-state index in [4.69, 9.17) is 9.15 Å². The van der Waals surface area contributed by atoms with Gasteiger partial charge in [-0.2, -0.15) is 10.1 Å². The quantitative estimate of drug-likeness (QED) is 0.324. The van der Waals surface area contributed by atoms with Crippen molar-refractivity contribution in [2.75, 3.05) is 10.6 Å². The van der Waals surface area contributed by atoms with Gasteiger partial charge in [0.1, 0.15) is 17.6 Å². The molecular weight excluding hydrogens is 424 g/mol. The van der Waals surface area contributed by atoms with Crippen LogP contribution in [0.3, 0.4) is 0 Å². The van der Waals surface area contributed by atoms with E-state index in [0.717, 1.165) is 16.9 Å². The van der Waals surface area contributed by atoms with E-state index in [1.165, 1.54) is 6.33 Å². The van der Waals surface area contributed by atoms with Crippen molar-refractivity contribution >= 4 is 29.5 Å². The number of furan rings is 1. The number of ether oxygens (including phenoxy) is 1. The second-order valence-electron chi connectivity index (χ2n) is 8.08. The zero-order chi connectivity index (χ0) is 23.3. The maximum atomic E-state index is 11.9. The number of benzene rings is 1. The van der Waals surface area contributed by atoms with Crippen LogP contribution in [0, 0.1) is 0 Å². The Morgan fingerprint density at radius 1 is 1.09 bits per heavy atom. The lowest BCUT2D eigenvalue weighted by molar-refractivity contribution is 0.0523. The molecule has 0 spiro atoms. The molecule has 3 aromatic heterocycles. The number of hydrogen-bond acceptors (Lipinski definition) is 9. The second-order valence-corrected chi connectivity index (χ2v) is 8.08. The van der Waals surface area contributed by atoms with Gasteiger partial charge in [-0.05, 0) is 50.6 Å². The van der Waals surface area contributed by atoms with Crippen LogP contribution in [0.4, 0.5) is 28.2 Å². The van der Waals surface area contributed by atoms with E-state index in [0.29, 0.717) is 30.0 Å². The monoisotopic (exact) mass is 448 g/mol. The largest absolute Gasteiger partial charge is 0.463 e. The number of H-pyrrole nitrogens is 1. The van der Waals surface area contributed by atoms with Gasteiger partial charge >= 0.3 is 6.09 Å². The molecule has 11 nitrogen and oxygen atoms in total. The van der Waals surface area contributed by atoms with Crippen molar-refractivity contribution < 1.29 is 13.9 Å². The summed E-state index contributed by atoms with van der Waals surface area (Å²) in [7, 11) is 0. The highest BCUT2D eigenvalue weighted by molar-refractivity contribution is 5.68. The molecule has 1 amide bonds. The number of amides is 1. The van der Waals surface area contributed by atoms with Crippen molar-refractivity contribution in [1.82, 2.24) is 30.5 Å². The van der Waals surface area contributed by atoms with Gasteiger partial charge in [0.05, 0.1) is 6.26 Å². The predicted molar refractivity (Wildman–Crippen MR) is 122 cm³/mol. The Kier molecular flexibility index (Phi) is 6.20. The van der Waals surface area contributed by atoms with E-state index in [1.807, 2.05) is 51.1 Å². The first-order valence-electron chi connectivity index (χ1n) is 10.2. The van der Waals surface area contributed by atoms with Gasteiger partial charge in [0, 0.05) is 18.3 Å². The number of rotatable bonds is 7. The van der Waals surface area contributed by atoms with Crippen molar-refractivity contribution in [2.45, 2.75) is 32.9 Å². The molecule has 4 aromatic rings. The molecule has 33 heavy (non-hydrogen) atoms. The minimum Gasteiger partial charge on any atom is -0.463 e. The van der Waals surface area contributed by atoms with Crippen LogP contribution >= 0.6 is 0 Å². The summed E-state index contributed by atoms with van der Waals surface area (Å²) in [6, 6.07) is 13.0. The van der Waals surface area contributed by atoms with Crippen LogP contribution in [0.1, 0.15) is 26.3 Å². The highest BCUT2D eigenvalue weighted by Crippen LogP contribution is 2.22. The highest BCUT2D eigenvalue weighted by Gasteiger charge is 2.15. The summed E-state index contributed by atoms with van der Waals surface area (Å²) in [5.74, 6) is 1.89. The molecule has 0 fully saturated rings. The molecule has 0 saturated carbocycles. The molecule has 0 radical (unpaired) electrons. The number of hydrogen-bond donors (Lipinski definition) is 4. The van der Waals surface area contributed by atoms with Crippen LogP contribution in [-0.2, 0) is 11.3 Å². The number of nitrogens with zero attached hydrogens (tertiary/aromatic N) is 4. The van der Waals surface area contributed by atoms with Crippen LogP contribution in [-0.4, -0.2) is 36.8 Å². The standard InChI is InChI=1S/C22H24N8O3/c1-22(2,3)33-21(31)23-12-14-6-4-7-15(10-14)26-19-24-13-25-20(28-19)27-18-11-16(29-30-18)17-8-5-9-32-17/h4-11,13H,12H2,1-3H3,(H,23,31)(H3,24,25,26,27,28,29,30). The van der Waals surface area contributed by atoms with Crippen molar-refractivity contribution in [3.63, 3.8) is 0 Å². The Labute approximate surface area is 190 Å². The van der Waals surface area contributed by atoms with Crippen molar-refractivity contribution in [1.29, 1.82) is 0 Å². The average Bonchev–Trinajstić information content (AvgIpc) is 3.44. The van der Waals surface area contributed by atoms with Gasteiger partial charge in [0.25, 0.3) is 0 Å². The van der Waals surface area contributed by atoms with Crippen LogP contribution in [0.15, 0.2) is 59.5 Å². The lowest BCUT2D eigenvalue weighted by Crippen LogP contribution is -2.32. The summed E-state index contributed by atoms with van der Waals surface area (Å²) in [6.45, 7) is 5.78. The molecule has 0 aliphatic carbocycles. The summed E-state index contributed by atoms with van der Waals surface area (Å²) < 4.78 is 10.6. The summed E-state index contributed by atoms with van der Waals surface area (Å²) in [5, 5.41) is 16.0. The third kappa shape index (κ3) is 6.29. The number of carbonyl (C=O) groups excluding carboxylic acids is 1. The molecule has 4 rings (SSSR count). The van der Waals surface area contributed by atoms with Crippen LogP contribution in [0.25, 0.3) is 11.5 Å².